The molecule has 7 nitrogen and oxygen atoms in total. The number of anilines is 1. The third-order valence-corrected chi connectivity index (χ3v) is 5.88. The van der Waals surface area contributed by atoms with Crippen LogP contribution in [0.1, 0.15) is 27.0 Å². The van der Waals surface area contributed by atoms with Crippen LogP contribution >= 0.6 is 11.8 Å². The molecule has 1 aliphatic carbocycles. The van der Waals surface area contributed by atoms with Crippen LogP contribution in [0.2, 0.25) is 0 Å². The number of nitrogens with one attached hydrogen (secondary N) is 4. The normalized spacial score (nSPS) is 16.4. The third kappa shape index (κ3) is 3.08. The van der Waals surface area contributed by atoms with E-state index in [4.69, 9.17) is 11.8 Å². The van der Waals surface area contributed by atoms with Crippen molar-refractivity contribution in [1.29, 1.82) is 0 Å². The van der Waals surface area contributed by atoms with Crippen molar-refractivity contribution in [3.63, 3.8) is 0 Å². The molecule has 2 amide bonds. The number of halogens is 1. The molecule has 1 aromatic heterocycles. The van der Waals surface area contributed by atoms with Gasteiger partial charge in [-0.25, -0.2) is 10.3 Å². The van der Waals surface area contributed by atoms with Gasteiger partial charge in [-0.05, 0) is 53.8 Å². The average Bonchev–Trinajstić information content (AvgIpc) is 3.27. The highest BCUT2D eigenvalue weighted by Crippen LogP contribution is 2.31. The average molecular weight is 408 g/mol. The first-order chi connectivity index (χ1) is 14.1. The lowest BCUT2D eigenvalue weighted by atomic mass is 9.96. The number of nitrogens with zero attached hydrogens (tertiary/aromatic N) is 1. The Balaban J connectivity index is 1.41. The Labute approximate surface area is 171 Å². The fourth-order valence-corrected chi connectivity index (χ4v) is 4.55. The number of hydrazone groups is 1. The van der Waals surface area contributed by atoms with E-state index in [1.807, 2.05) is 12.1 Å². The van der Waals surface area contributed by atoms with Crippen molar-refractivity contribution in [3.8, 4) is 0 Å². The van der Waals surface area contributed by atoms with Crippen LogP contribution in [0, 0.1) is 5.92 Å². The van der Waals surface area contributed by atoms with Crippen molar-refractivity contribution < 1.29 is 9.59 Å². The summed E-state index contributed by atoms with van der Waals surface area (Å²) in [5.41, 5.74) is 7.52. The van der Waals surface area contributed by atoms with Crippen molar-refractivity contribution in [2.45, 2.75) is 18.9 Å². The zero-order valence-electron chi connectivity index (χ0n) is 15.3. The molecule has 0 radical (unpaired) electrons. The van der Waals surface area contributed by atoms with Gasteiger partial charge in [0.25, 0.3) is 5.91 Å². The first-order valence-corrected chi connectivity index (χ1v) is 9.74. The Hall–Kier alpha value is -3.16. The molecule has 0 saturated carbocycles. The SMILES string of the molecule is O=C1NN=Cc2c[nH]c3cc(NC(=O)[C@H](NCl)C4Cc5ccccc5C4)cc1c23. The summed E-state index contributed by atoms with van der Waals surface area (Å²) >= 11 is 5.96. The van der Waals surface area contributed by atoms with E-state index >= 15 is 0 Å². The molecule has 4 N–H and O–H groups in total. The summed E-state index contributed by atoms with van der Waals surface area (Å²) in [5.74, 6) is -0.496. The number of carbonyl (C=O) groups excluding carboxylic acids is 2. The number of aromatic amines is 1. The molecule has 1 atom stereocenters. The van der Waals surface area contributed by atoms with Gasteiger partial charge in [-0.1, -0.05) is 24.3 Å². The minimum Gasteiger partial charge on any atom is -0.360 e. The van der Waals surface area contributed by atoms with Crippen LogP contribution in [0.4, 0.5) is 5.69 Å². The van der Waals surface area contributed by atoms with Gasteiger partial charge in [0, 0.05) is 28.4 Å². The number of carbonyl (C=O) groups is 2. The van der Waals surface area contributed by atoms with Crippen molar-refractivity contribution in [2.75, 3.05) is 5.32 Å². The van der Waals surface area contributed by atoms with E-state index in [2.05, 4.69) is 37.8 Å². The van der Waals surface area contributed by atoms with Gasteiger partial charge in [0.1, 0.15) is 6.04 Å². The second-order valence-electron chi connectivity index (χ2n) is 7.40. The van der Waals surface area contributed by atoms with Crippen molar-refractivity contribution in [2.24, 2.45) is 11.0 Å². The molecule has 29 heavy (non-hydrogen) atoms. The highest BCUT2D eigenvalue weighted by atomic mass is 35.5. The van der Waals surface area contributed by atoms with Crippen LogP contribution in [-0.4, -0.2) is 29.1 Å². The molecule has 0 saturated heterocycles. The molecular weight excluding hydrogens is 390 g/mol. The number of amides is 2. The molecular formula is C21H18ClN5O2. The highest BCUT2D eigenvalue weighted by Gasteiger charge is 2.33. The summed E-state index contributed by atoms with van der Waals surface area (Å²) in [4.78, 5) is 31.1. The van der Waals surface area contributed by atoms with Crippen LogP contribution in [0.15, 0.2) is 47.7 Å². The summed E-state index contributed by atoms with van der Waals surface area (Å²) in [5, 5.41) is 7.60. The Morgan fingerprint density at radius 2 is 1.97 bits per heavy atom. The van der Waals surface area contributed by atoms with E-state index in [-0.39, 0.29) is 17.7 Å². The lowest BCUT2D eigenvalue weighted by Crippen LogP contribution is -2.42. The molecule has 2 aliphatic rings. The van der Waals surface area contributed by atoms with Gasteiger partial charge in [-0.2, -0.15) is 5.10 Å². The van der Waals surface area contributed by atoms with Crippen LogP contribution in [0.3, 0.4) is 0 Å². The lowest BCUT2D eigenvalue weighted by Gasteiger charge is -2.21. The maximum atomic E-state index is 13.0. The topological polar surface area (TPSA) is 98.4 Å². The van der Waals surface area contributed by atoms with Gasteiger partial charge in [-0.3, -0.25) is 9.59 Å². The second-order valence-corrected chi connectivity index (χ2v) is 7.62. The molecule has 2 aromatic carbocycles. The van der Waals surface area contributed by atoms with E-state index < -0.39 is 6.04 Å². The van der Waals surface area contributed by atoms with Crippen molar-refractivity contribution in [3.05, 3.63) is 64.8 Å². The quantitative estimate of drug-likeness (QED) is 0.500. The number of hydrogen-bond donors (Lipinski definition) is 4. The molecule has 146 valence electrons. The first-order valence-electron chi connectivity index (χ1n) is 9.36. The van der Waals surface area contributed by atoms with E-state index in [0.29, 0.717) is 11.3 Å². The predicted molar refractivity (Wildman–Crippen MR) is 112 cm³/mol. The molecule has 2 heterocycles. The maximum absolute atomic E-state index is 13.0. The molecule has 0 fully saturated rings. The van der Waals surface area contributed by atoms with Crippen molar-refractivity contribution >= 4 is 46.4 Å². The predicted octanol–water partition coefficient (Wildman–Crippen LogP) is 2.71. The van der Waals surface area contributed by atoms with Crippen LogP contribution < -0.4 is 15.6 Å². The summed E-state index contributed by atoms with van der Waals surface area (Å²) < 4.78 is 0. The largest absolute Gasteiger partial charge is 0.360 e. The van der Waals surface area contributed by atoms with E-state index in [0.717, 1.165) is 29.3 Å². The minimum absolute atomic E-state index is 0.0592. The molecule has 1 aliphatic heterocycles. The zero-order valence-corrected chi connectivity index (χ0v) is 16.1. The lowest BCUT2D eigenvalue weighted by molar-refractivity contribution is -0.118. The molecule has 0 spiro atoms. The van der Waals surface area contributed by atoms with Gasteiger partial charge < -0.3 is 10.3 Å². The fourth-order valence-electron chi connectivity index (χ4n) is 4.27. The molecule has 0 unspecified atom stereocenters. The summed E-state index contributed by atoms with van der Waals surface area (Å²) in [6.07, 6.45) is 4.95. The number of fused-ring (bicyclic) bond motifs is 1. The third-order valence-electron chi connectivity index (χ3n) is 5.65. The van der Waals surface area contributed by atoms with E-state index in [1.165, 1.54) is 11.1 Å². The number of H-pyrrole nitrogens is 1. The second kappa shape index (κ2) is 7.02. The molecule has 3 aromatic rings. The Morgan fingerprint density at radius 3 is 2.69 bits per heavy atom. The van der Waals surface area contributed by atoms with Gasteiger partial charge in [0.2, 0.25) is 5.91 Å². The smallest absolute Gasteiger partial charge is 0.272 e. The Bertz CT molecular complexity index is 1140. The molecule has 5 rings (SSSR count). The maximum Gasteiger partial charge on any atom is 0.272 e. The summed E-state index contributed by atoms with van der Waals surface area (Å²) in [6, 6.07) is 11.1. The van der Waals surface area contributed by atoms with Crippen LogP contribution in [-0.2, 0) is 17.6 Å². The van der Waals surface area contributed by atoms with Crippen LogP contribution in [0.5, 0.6) is 0 Å². The van der Waals surface area contributed by atoms with Gasteiger partial charge in [0.05, 0.1) is 11.8 Å². The number of aromatic nitrogens is 1. The zero-order chi connectivity index (χ0) is 20.0. The summed E-state index contributed by atoms with van der Waals surface area (Å²) in [6.45, 7) is 0. The monoisotopic (exact) mass is 407 g/mol. The number of benzene rings is 2. The molecule has 0 bridgehead atoms. The van der Waals surface area contributed by atoms with Gasteiger partial charge in [0.15, 0.2) is 0 Å². The number of rotatable bonds is 4. The summed E-state index contributed by atoms with van der Waals surface area (Å²) in [7, 11) is 0. The van der Waals surface area contributed by atoms with E-state index in [9.17, 15) is 9.59 Å². The first kappa shape index (κ1) is 17.9. The number of hydrogen-bond acceptors (Lipinski definition) is 4. The Kier molecular flexibility index (Phi) is 4.34. The van der Waals surface area contributed by atoms with Crippen LogP contribution in [0.25, 0.3) is 10.9 Å². The van der Waals surface area contributed by atoms with E-state index in [1.54, 1.807) is 24.5 Å². The Morgan fingerprint density at radius 1 is 1.21 bits per heavy atom. The molecule has 8 heteroatoms. The van der Waals surface area contributed by atoms with Crippen molar-refractivity contribution in [1.82, 2.24) is 15.2 Å². The van der Waals surface area contributed by atoms with Gasteiger partial charge in [-0.15, -0.1) is 0 Å². The van der Waals surface area contributed by atoms with Gasteiger partial charge >= 0.3 is 0 Å². The minimum atomic E-state index is -0.560. The highest BCUT2D eigenvalue weighted by molar-refractivity contribution is 6.17. The standard InChI is InChI=1S/C21H18ClN5O2/c22-26-19(13-5-11-3-1-2-4-12(11)6-13)21(29)25-15-7-16-18-14(9-23-17(18)8-15)10-24-27-20(16)28/h1-4,7-10,13,19,23,26H,5-6H2,(H,25,29)(H,27,28)/t19-/m1/s1. The fraction of sp³-hybridized carbons (Fsp3) is 0.190.